The lowest BCUT2D eigenvalue weighted by molar-refractivity contribution is -0.143. The second kappa shape index (κ2) is 5.17. The molecule has 1 heterocycles. The fourth-order valence-electron chi connectivity index (χ4n) is 3.26. The molecule has 0 aromatic rings. The zero-order valence-electron chi connectivity index (χ0n) is 12.0. The van der Waals surface area contributed by atoms with Gasteiger partial charge in [-0.25, -0.2) is 0 Å². The Hall–Kier alpha value is -0.610. The van der Waals surface area contributed by atoms with Crippen molar-refractivity contribution < 1.29 is 4.79 Å². The third kappa shape index (κ3) is 2.41. The molecule has 2 aliphatic rings. The van der Waals surface area contributed by atoms with Gasteiger partial charge in [-0.05, 0) is 33.6 Å². The first-order valence-electron chi connectivity index (χ1n) is 7.24. The minimum absolute atomic E-state index is 0.0492. The Morgan fingerprint density at radius 3 is 2.33 bits per heavy atom. The highest BCUT2D eigenvalue weighted by Gasteiger charge is 2.45. The molecule has 2 N–H and O–H groups in total. The van der Waals surface area contributed by atoms with Crippen LogP contribution in [0, 0.1) is 5.41 Å². The van der Waals surface area contributed by atoms with Crippen molar-refractivity contribution in [3.8, 4) is 0 Å². The Balaban J connectivity index is 1.95. The summed E-state index contributed by atoms with van der Waals surface area (Å²) in [6.07, 6.45) is 3.04. The first-order chi connectivity index (χ1) is 8.45. The van der Waals surface area contributed by atoms with Crippen LogP contribution < -0.4 is 5.73 Å². The van der Waals surface area contributed by atoms with E-state index in [1.165, 1.54) is 0 Å². The Bertz CT molecular complexity index is 310. The molecule has 4 nitrogen and oxygen atoms in total. The normalized spacial score (nSPS) is 34.3. The molecule has 1 saturated carbocycles. The summed E-state index contributed by atoms with van der Waals surface area (Å²) in [7, 11) is 0. The largest absolute Gasteiger partial charge is 0.340 e. The maximum Gasteiger partial charge on any atom is 0.230 e. The smallest absolute Gasteiger partial charge is 0.230 e. The van der Waals surface area contributed by atoms with E-state index in [1.807, 2.05) is 4.90 Å². The van der Waals surface area contributed by atoms with Gasteiger partial charge in [0.2, 0.25) is 5.91 Å². The topological polar surface area (TPSA) is 49.6 Å². The maximum atomic E-state index is 12.6. The number of carbonyl (C=O) groups excluding carboxylic acids is 1. The van der Waals surface area contributed by atoms with Gasteiger partial charge >= 0.3 is 0 Å². The Morgan fingerprint density at radius 1 is 1.28 bits per heavy atom. The van der Waals surface area contributed by atoms with Gasteiger partial charge in [-0.15, -0.1) is 0 Å². The number of hydrogen-bond donors (Lipinski definition) is 1. The van der Waals surface area contributed by atoms with Crippen LogP contribution in [0.5, 0.6) is 0 Å². The second-order valence-corrected chi connectivity index (χ2v) is 6.34. The molecular weight excluding hydrogens is 226 g/mol. The molecule has 2 atom stereocenters. The van der Waals surface area contributed by atoms with Crippen LogP contribution in [0.3, 0.4) is 0 Å². The van der Waals surface area contributed by atoms with Gasteiger partial charge in [0, 0.05) is 38.3 Å². The molecule has 0 aromatic heterocycles. The van der Waals surface area contributed by atoms with Gasteiger partial charge in [-0.2, -0.15) is 0 Å². The summed E-state index contributed by atoms with van der Waals surface area (Å²) in [6, 6.07) is 0.625. The molecule has 0 spiro atoms. The predicted molar refractivity (Wildman–Crippen MR) is 73.2 cm³/mol. The molecule has 104 valence electrons. The summed E-state index contributed by atoms with van der Waals surface area (Å²) in [4.78, 5) is 17.1. The van der Waals surface area contributed by atoms with Crippen LogP contribution in [0.15, 0.2) is 0 Å². The summed E-state index contributed by atoms with van der Waals surface area (Å²) >= 11 is 0. The van der Waals surface area contributed by atoms with E-state index in [-0.39, 0.29) is 17.4 Å². The summed E-state index contributed by atoms with van der Waals surface area (Å²) in [5.41, 5.74) is 5.83. The molecule has 4 heteroatoms. The van der Waals surface area contributed by atoms with Crippen molar-refractivity contribution >= 4 is 5.91 Å². The SMILES string of the molecule is CC(C)N1CCN(C(=O)C2(C)CCCC2N)CC1. The molecule has 1 amide bonds. The highest BCUT2D eigenvalue weighted by molar-refractivity contribution is 5.83. The lowest BCUT2D eigenvalue weighted by Crippen LogP contribution is -2.56. The minimum atomic E-state index is -0.306. The fraction of sp³-hybridized carbons (Fsp3) is 0.929. The molecule has 0 bridgehead atoms. The van der Waals surface area contributed by atoms with E-state index >= 15 is 0 Å². The molecule has 1 aliphatic carbocycles. The molecule has 2 fully saturated rings. The van der Waals surface area contributed by atoms with Gasteiger partial charge in [-0.3, -0.25) is 9.69 Å². The first-order valence-corrected chi connectivity index (χ1v) is 7.24. The summed E-state index contributed by atoms with van der Waals surface area (Å²) in [5, 5.41) is 0. The van der Waals surface area contributed by atoms with Crippen LogP contribution in [-0.2, 0) is 4.79 Å². The van der Waals surface area contributed by atoms with Crippen LogP contribution in [0.2, 0.25) is 0 Å². The third-order valence-corrected chi connectivity index (χ3v) is 4.85. The zero-order valence-corrected chi connectivity index (χ0v) is 12.0. The van der Waals surface area contributed by atoms with E-state index in [9.17, 15) is 4.79 Å². The van der Waals surface area contributed by atoms with Gasteiger partial charge < -0.3 is 10.6 Å². The number of nitrogens with zero attached hydrogens (tertiary/aromatic N) is 2. The van der Waals surface area contributed by atoms with Gasteiger partial charge in [0.05, 0.1) is 5.41 Å². The fourth-order valence-corrected chi connectivity index (χ4v) is 3.26. The van der Waals surface area contributed by atoms with E-state index in [1.54, 1.807) is 0 Å². The quantitative estimate of drug-likeness (QED) is 0.800. The van der Waals surface area contributed by atoms with E-state index in [0.717, 1.165) is 45.4 Å². The van der Waals surface area contributed by atoms with Crippen molar-refractivity contribution in [3.63, 3.8) is 0 Å². The van der Waals surface area contributed by atoms with Gasteiger partial charge in [0.25, 0.3) is 0 Å². The van der Waals surface area contributed by atoms with E-state index < -0.39 is 0 Å². The van der Waals surface area contributed by atoms with Gasteiger partial charge in [0.15, 0.2) is 0 Å². The molecule has 0 radical (unpaired) electrons. The van der Waals surface area contributed by atoms with Crippen molar-refractivity contribution in [2.45, 2.75) is 52.1 Å². The number of nitrogens with two attached hydrogens (primary N) is 1. The molecule has 1 saturated heterocycles. The first kappa shape index (κ1) is 13.8. The standard InChI is InChI=1S/C14H27N3O/c1-11(2)16-7-9-17(10-8-16)13(18)14(3)6-4-5-12(14)15/h11-12H,4-10,15H2,1-3H3. The van der Waals surface area contributed by atoms with Crippen molar-refractivity contribution in [2.24, 2.45) is 11.1 Å². The van der Waals surface area contributed by atoms with E-state index in [2.05, 4.69) is 25.7 Å². The van der Waals surface area contributed by atoms with Gasteiger partial charge in [0.1, 0.15) is 0 Å². The Kier molecular flexibility index (Phi) is 3.97. The summed E-state index contributed by atoms with van der Waals surface area (Å²) in [5.74, 6) is 0.288. The van der Waals surface area contributed by atoms with Crippen molar-refractivity contribution in [1.29, 1.82) is 0 Å². The number of amides is 1. The van der Waals surface area contributed by atoms with Crippen LogP contribution in [0.4, 0.5) is 0 Å². The lowest BCUT2D eigenvalue weighted by atomic mass is 9.83. The predicted octanol–water partition coefficient (Wildman–Crippen LogP) is 1.06. The Morgan fingerprint density at radius 2 is 1.89 bits per heavy atom. The highest BCUT2D eigenvalue weighted by atomic mass is 16.2. The highest BCUT2D eigenvalue weighted by Crippen LogP contribution is 2.38. The molecule has 18 heavy (non-hydrogen) atoms. The minimum Gasteiger partial charge on any atom is -0.340 e. The average molecular weight is 253 g/mol. The zero-order chi connectivity index (χ0) is 13.3. The van der Waals surface area contributed by atoms with Crippen molar-refractivity contribution in [2.75, 3.05) is 26.2 Å². The van der Waals surface area contributed by atoms with Crippen LogP contribution in [-0.4, -0.2) is 54.0 Å². The number of hydrogen-bond acceptors (Lipinski definition) is 3. The van der Waals surface area contributed by atoms with Crippen LogP contribution in [0.25, 0.3) is 0 Å². The lowest BCUT2D eigenvalue weighted by Gasteiger charge is -2.41. The number of rotatable bonds is 2. The van der Waals surface area contributed by atoms with Crippen LogP contribution in [0.1, 0.15) is 40.0 Å². The van der Waals surface area contributed by atoms with Crippen LogP contribution >= 0.6 is 0 Å². The van der Waals surface area contributed by atoms with Crippen molar-refractivity contribution in [3.05, 3.63) is 0 Å². The monoisotopic (exact) mass is 253 g/mol. The molecule has 2 unspecified atom stereocenters. The third-order valence-electron chi connectivity index (χ3n) is 4.85. The van der Waals surface area contributed by atoms with E-state index in [0.29, 0.717) is 6.04 Å². The molecular formula is C14H27N3O. The average Bonchev–Trinajstić information content (AvgIpc) is 2.70. The van der Waals surface area contributed by atoms with Gasteiger partial charge in [-0.1, -0.05) is 6.42 Å². The summed E-state index contributed by atoms with van der Waals surface area (Å²) in [6.45, 7) is 10.2. The van der Waals surface area contributed by atoms with Crippen molar-refractivity contribution in [1.82, 2.24) is 9.80 Å². The number of piperazine rings is 1. The second-order valence-electron chi connectivity index (χ2n) is 6.34. The molecule has 1 aliphatic heterocycles. The summed E-state index contributed by atoms with van der Waals surface area (Å²) < 4.78 is 0. The molecule has 2 rings (SSSR count). The maximum absolute atomic E-state index is 12.6. The Labute approximate surface area is 110 Å². The van der Waals surface area contributed by atoms with E-state index in [4.69, 9.17) is 5.73 Å². The number of carbonyl (C=O) groups is 1. The molecule has 0 aromatic carbocycles.